The van der Waals surface area contributed by atoms with E-state index in [2.05, 4.69) is 24.5 Å². The summed E-state index contributed by atoms with van der Waals surface area (Å²) in [4.78, 5) is 24.3. The molecule has 0 unspecified atom stereocenters. The lowest BCUT2D eigenvalue weighted by atomic mass is 10.0. The Morgan fingerprint density at radius 1 is 1.10 bits per heavy atom. The first-order chi connectivity index (χ1) is 9.93. The standard InChI is InChI=1S/C17H26N2O2/c1-12(2)10-15(18-4)17(21)19-13(3)16(20)11-14-8-6-5-7-9-14/h5-9,12-13,15,18H,10-11H2,1-4H3,(H,19,21)/t13-,15-/m0/s1. The Hall–Kier alpha value is -1.68. The van der Waals surface area contributed by atoms with Crippen LogP contribution in [0.2, 0.25) is 0 Å². The molecule has 0 fully saturated rings. The van der Waals surface area contributed by atoms with Crippen molar-refractivity contribution < 1.29 is 9.59 Å². The van der Waals surface area contributed by atoms with E-state index in [1.54, 1.807) is 14.0 Å². The number of hydrogen-bond donors (Lipinski definition) is 2. The van der Waals surface area contributed by atoms with E-state index >= 15 is 0 Å². The molecule has 4 heteroatoms. The summed E-state index contributed by atoms with van der Waals surface area (Å²) in [6, 6.07) is 8.85. The molecule has 0 radical (unpaired) electrons. The van der Waals surface area contributed by atoms with Crippen LogP contribution in [-0.4, -0.2) is 30.8 Å². The Morgan fingerprint density at radius 2 is 1.71 bits per heavy atom. The molecule has 1 rings (SSSR count). The Bertz CT molecular complexity index is 457. The molecule has 0 aromatic heterocycles. The molecule has 0 saturated carbocycles. The molecule has 0 spiro atoms. The Labute approximate surface area is 127 Å². The van der Waals surface area contributed by atoms with Crippen LogP contribution in [0.5, 0.6) is 0 Å². The summed E-state index contributed by atoms with van der Waals surface area (Å²) in [5.41, 5.74) is 0.968. The van der Waals surface area contributed by atoms with Crippen molar-refractivity contribution in [1.82, 2.24) is 10.6 Å². The summed E-state index contributed by atoms with van der Waals surface area (Å²) in [7, 11) is 1.77. The first-order valence-electron chi connectivity index (χ1n) is 7.48. The maximum absolute atomic E-state index is 12.2. The summed E-state index contributed by atoms with van der Waals surface area (Å²) >= 11 is 0. The number of ketones is 1. The highest BCUT2D eigenvalue weighted by Crippen LogP contribution is 2.06. The Kier molecular flexibility index (Phi) is 7.09. The van der Waals surface area contributed by atoms with Crippen molar-refractivity contribution in [1.29, 1.82) is 0 Å². The van der Waals surface area contributed by atoms with E-state index in [4.69, 9.17) is 0 Å². The predicted octanol–water partition coefficient (Wildman–Crippen LogP) is 1.94. The zero-order chi connectivity index (χ0) is 15.8. The molecule has 0 aliphatic heterocycles. The Balaban J connectivity index is 2.53. The fourth-order valence-electron chi connectivity index (χ4n) is 2.17. The van der Waals surface area contributed by atoms with Crippen LogP contribution in [0, 0.1) is 5.92 Å². The summed E-state index contributed by atoms with van der Waals surface area (Å²) in [5.74, 6) is 0.331. The van der Waals surface area contributed by atoms with Gasteiger partial charge in [-0.25, -0.2) is 0 Å². The van der Waals surface area contributed by atoms with Gasteiger partial charge in [0, 0.05) is 6.42 Å². The lowest BCUT2D eigenvalue weighted by molar-refractivity contribution is -0.128. The molecule has 0 aliphatic rings. The second-order valence-electron chi connectivity index (χ2n) is 5.83. The van der Waals surface area contributed by atoms with E-state index in [9.17, 15) is 9.59 Å². The second-order valence-corrected chi connectivity index (χ2v) is 5.83. The van der Waals surface area contributed by atoms with Crippen molar-refractivity contribution in [3.05, 3.63) is 35.9 Å². The number of amides is 1. The number of likely N-dealkylation sites (N-methyl/N-ethyl adjacent to an activating group) is 1. The third-order valence-corrected chi connectivity index (χ3v) is 3.43. The highest BCUT2D eigenvalue weighted by atomic mass is 16.2. The van der Waals surface area contributed by atoms with Crippen LogP contribution < -0.4 is 10.6 Å². The number of nitrogens with one attached hydrogen (secondary N) is 2. The third-order valence-electron chi connectivity index (χ3n) is 3.43. The van der Waals surface area contributed by atoms with E-state index in [0.717, 1.165) is 12.0 Å². The van der Waals surface area contributed by atoms with E-state index in [-0.39, 0.29) is 17.7 Å². The van der Waals surface area contributed by atoms with Crippen molar-refractivity contribution in [3.63, 3.8) is 0 Å². The summed E-state index contributed by atoms with van der Waals surface area (Å²) in [6.07, 6.45) is 1.10. The lowest BCUT2D eigenvalue weighted by Gasteiger charge is -2.20. The maximum atomic E-state index is 12.2. The summed E-state index contributed by atoms with van der Waals surface area (Å²) in [6.45, 7) is 5.88. The molecule has 1 aromatic rings. The van der Waals surface area contributed by atoms with Gasteiger partial charge in [-0.05, 0) is 31.9 Å². The zero-order valence-electron chi connectivity index (χ0n) is 13.3. The maximum Gasteiger partial charge on any atom is 0.237 e. The first kappa shape index (κ1) is 17.4. The highest BCUT2D eigenvalue weighted by Gasteiger charge is 2.22. The van der Waals surface area contributed by atoms with Gasteiger partial charge in [0.1, 0.15) is 0 Å². The molecule has 4 nitrogen and oxygen atoms in total. The molecule has 21 heavy (non-hydrogen) atoms. The fourth-order valence-corrected chi connectivity index (χ4v) is 2.17. The van der Waals surface area contributed by atoms with Crippen LogP contribution >= 0.6 is 0 Å². The van der Waals surface area contributed by atoms with Gasteiger partial charge in [-0.3, -0.25) is 9.59 Å². The van der Waals surface area contributed by atoms with Crippen LogP contribution in [0.15, 0.2) is 30.3 Å². The molecule has 0 bridgehead atoms. The largest absolute Gasteiger partial charge is 0.345 e. The molecule has 0 heterocycles. The van der Waals surface area contributed by atoms with Crippen LogP contribution in [0.25, 0.3) is 0 Å². The monoisotopic (exact) mass is 290 g/mol. The fraction of sp³-hybridized carbons (Fsp3) is 0.529. The molecule has 2 N–H and O–H groups in total. The molecule has 1 amide bonds. The molecule has 116 valence electrons. The van der Waals surface area contributed by atoms with Crippen LogP contribution in [0.4, 0.5) is 0 Å². The zero-order valence-corrected chi connectivity index (χ0v) is 13.3. The molecule has 2 atom stereocenters. The number of carbonyl (C=O) groups excluding carboxylic acids is 2. The van der Waals surface area contributed by atoms with Gasteiger partial charge in [0.05, 0.1) is 12.1 Å². The van der Waals surface area contributed by atoms with Crippen molar-refractivity contribution in [3.8, 4) is 0 Å². The molecular weight excluding hydrogens is 264 g/mol. The van der Waals surface area contributed by atoms with Crippen molar-refractivity contribution >= 4 is 11.7 Å². The minimum Gasteiger partial charge on any atom is -0.345 e. The van der Waals surface area contributed by atoms with Gasteiger partial charge in [-0.1, -0.05) is 44.2 Å². The highest BCUT2D eigenvalue weighted by molar-refractivity contribution is 5.91. The first-order valence-corrected chi connectivity index (χ1v) is 7.48. The number of rotatable bonds is 8. The average Bonchev–Trinajstić information content (AvgIpc) is 2.45. The van der Waals surface area contributed by atoms with Gasteiger partial charge in [0.25, 0.3) is 0 Å². The third kappa shape index (κ3) is 6.08. The lowest BCUT2D eigenvalue weighted by Crippen LogP contribution is -2.49. The number of hydrogen-bond acceptors (Lipinski definition) is 3. The minimum absolute atomic E-state index is 0.0222. The van der Waals surface area contributed by atoms with E-state index in [1.165, 1.54) is 0 Å². The van der Waals surface area contributed by atoms with Crippen LogP contribution in [-0.2, 0) is 16.0 Å². The number of carbonyl (C=O) groups is 2. The topological polar surface area (TPSA) is 58.2 Å². The smallest absolute Gasteiger partial charge is 0.237 e. The van der Waals surface area contributed by atoms with Gasteiger partial charge in [-0.2, -0.15) is 0 Å². The predicted molar refractivity (Wildman–Crippen MR) is 85.1 cm³/mol. The van der Waals surface area contributed by atoms with Gasteiger partial charge in [-0.15, -0.1) is 0 Å². The molecule has 0 saturated heterocycles. The normalized spacial score (nSPS) is 13.8. The van der Waals surface area contributed by atoms with Gasteiger partial charge < -0.3 is 10.6 Å². The van der Waals surface area contributed by atoms with Crippen molar-refractivity contribution in [2.45, 2.75) is 45.7 Å². The van der Waals surface area contributed by atoms with E-state index < -0.39 is 6.04 Å². The van der Waals surface area contributed by atoms with Gasteiger partial charge in [0.15, 0.2) is 5.78 Å². The molecular formula is C17H26N2O2. The number of Topliss-reactive ketones (excluding diaryl/α,β-unsaturated/α-hetero) is 1. The van der Waals surface area contributed by atoms with Crippen LogP contribution in [0.1, 0.15) is 32.8 Å². The average molecular weight is 290 g/mol. The summed E-state index contributed by atoms with van der Waals surface area (Å²) < 4.78 is 0. The van der Waals surface area contributed by atoms with Crippen LogP contribution in [0.3, 0.4) is 0 Å². The van der Waals surface area contributed by atoms with E-state index in [1.807, 2.05) is 30.3 Å². The Morgan fingerprint density at radius 3 is 2.24 bits per heavy atom. The second kappa shape index (κ2) is 8.57. The quantitative estimate of drug-likeness (QED) is 0.769. The van der Waals surface area contributed by atoms with Crippen molar-refractivity contribution in [2.24, 2.45) is 5.92 Å². The minimum atomic E-state index is -0.472. The van der Waals surface area contributed by atoms with Gasteiger partial charge in [0.2, 0.25) is 5.91 Å². The van der Waals surface area contributed by atoms with E-state index in [0.29, 0.717) is 12.3 Å². The van der Waals surface area contributed by atoms with Gasteiger partial charge >= 0.3 is 0 Å². The molecule has 1 aromatic carbocycles. The van der Waals surface area contributed by atoms with Crippen molar-refractivity contribution in [2.75, 3.05) is 7.05 Å². The number of benzene rings is 1. The molecule has 0 aliphatic carbocycles. The summed E-state index contributed by atoms with van der Waals surface area (Å²) in [5, 5.41) is 5.81. The SMILES string of the molecule is CN[C@@H](CC(C)C)C(=O)N[C@@H](C)C(=O)Cc1ccccc1.